The fourth-order valence-corrected chi connectivity index (χ4v) is 2.55. The molecule has 2 aromatic rings. The van der Waals surface area contributed by atoms with Crippen molar-refractivity contribution >= 4 is 22.8 Å². The van der Waals surface area contributed by atoms with Gasteiger partial charge in [-0.25, -0.2) is 9.97 Å². The van der Waals surface area contributed by atoms with Crippen molar-refractivity contribution in [3.63, 3.8) is 0 Å². The molecule has 3 rings (SSSR count). The fraction of sp³-hybridized carbons (Fsp3) is 0.417. The lowest BCUT2D eigenvalue weighted by atomic mass is 10.1. The molecule has 0 aromatic carbocycles. The van der Waals surface area contributed by atoms with Gasteiger partial charge >= 0.3 is 0 Å². The van der Waals surface area contributed by atoms with Crippen LogP contribution in [0, 0.1) is 0 Å². The van der Waals surface area contributed by atoms with E-state index in [-0.39, 0.29) is 11.4 Å². The van der Waals surface area contributed by atoms with Crippen LogP contribution in [0.15, 0.2) is 12.5 Å². The quantitative estimate of drug-likeness (QED) is 0.540. The Morgan fingerprint density at radius 2 is 2.10 bits per heavy atom. The van der Waals surface area contributed by atoms with Crippen LogP contribution in [0.3, 0.4) is 0 Å². The van der Waals surface area contributed by atoms with E-state index in [1.807, 2.05) is 0 Å². The molecular weight excluding hydrogens is 278 g/mol. The average Bonchev–Trinajstić information content (AvgIpc) is 2.94. The summed E-state index contributed by atoms with van der Waals surface area (Å²) < 4.78 is 6.96. The van der Waals surface area contributed by atoms with Crippen LogP contribution >= 0.6 is 0 Å². The fourth-order valence-electron chi connectivity index (χ4n) is 2.55. The number of primary amides is 1. The molecule has 0 aliphatic carbocycles. The smallest absolute Gasteiger partial charge is 0.251 e. The van der Waals surface area contributed by atoms with Crippen molar-refractivity contribution < 1.29 is 19.7 Å². The summed E-state index contributed by atoms with van der Waals surface area (Å²) in [4.78, 5) is 19.4. The summed E-state index contributed by atoms with van der Waals surface area (Å²) >= 11 is 0. The van der Waals surface area contributed by atoms with Gasteiger partial charge < -0.3 is 31.0 Å². The number of nitrogens with two attached hydrogens (primary N) is 2. The first kappa shape index (κ1) is 13.7. The molecule has 4 unspecified atom stereocenters. The van der Waals surface area contributed by atoms with Crippen LogP contribution in [0.4, 0.5) is 5.82 Å². The molecule has 1 amide bonds. The highest BCUT2D eigenvalue weighted by Crippen LogP contribution is 2.34. The molecule has 1 aliphatic rings. The minimum atomic E-state index is -1.16. The lowest BCUT2D eigenvalue weighted by Gasteiger charge is -2.17. The first-order chi connectivity index (χ1) is 9.91. The van der Waals surface area contributed by atoms with Gasteiger partial charge in [-0.15, -0.1) is 0 Å². The number of nitrogen functional groups attached to an aromatic ring is 1. The summed E-state index contributed by atoms with van der Waals surface area (Å²) in [7, 11) is 0. The summed E-state index contributed by atoms with van der Waals surface area (Å²) in [5.41, 5.74) is 11.5. The predicted octanol–water partition coefficient (Wildman–Crippen LogP) is -1.25. The Labute approximate surface area is 119 Å². The second-order valence-electron chi connectivity index (χ2n) is 4.98. The Kier molecular flexibility index (Phi) is 3.04. The molecule has 21 heavy (non-hydrogen) atoms. The van der Waals surface area contributed by atoms with E-state index in [2.05, 4.69) is 9.97 Å². The minimum absolute atomic E-state index is 0.105. The van der Waals surface area contributed by atoms with Crippen molar-refractivity contribution in [2.75, 3.05) is 5.73 Å². The molecule has 6 N–H and O–H groups in total. The third-order valence-electron chi connectivity index (χ3n) is 3.66. The van der Waals surface area contributed by atoms with Crippen LogP contribution in [0.1, 0.15) is 23.5 Å². The van der Waals surface area contributed by atoms with E-state index >= 15 is 0 Å². The molecule has 9 heteroatoms. The highest BCUT2D eigenvalue weighted by Gasteiger charge is 2.42. The molecule has 9 nitrogen and oxygen atoms in total. The topological polar surface area (TPSA) is 150 Å². The predicted molar refractivity (Wildman–Crippen MR) is 72.1 cm³/mol. The molecule has 1 saturated heterocycles. The van der Waals surface area contributed by atoms with E-state index in [1.54, 1.807) is 6.92 Å². The van der Waals surface area contributed by atoms with Gasteiger partial charge in [0.1, 0.15) is 30.0 Å². The second kappa shape index (κ2) is 4.65. The number of carbonyl (C=O) groups excluding carboxylic acids is 1. The molecule has 0 radical (unpaired) electrons. The lowest BCUT2D eigenvalue weighted by Crippen LogP contribution is -2.30. The van der Waals surface area contributed by atoms with Gasteiger partial charge in [0.2, 0.25) is 0 Å². The number of aromatic nitrogens is 3. The number of aliphatic hydroxyl groups excluding tert-OH is 2. The first-order valence-electron chi connectivity index (χ1n) is 6.34. The summed E-state index contributed by atoms with van der Waals surface area (Å²) in [5, 5.41) is 20.2. The molecule has 0 spiro atoms. The molecule has 4 atom stereocenters. The summed E-state index contributed by atoms with van der Waals surface area (Å²) in [6.45, 7) is 1.64. The van der Waals surface area contributed by atoms with Gasteiger partial charge in [-0.2, -0.15) is 0 Å². The van der Waals surface area contributed by atoms with E-state index in [0.29, 0.717) is 11.0 Å². The lowest BCUT2D eigenvalue weighted by molar-refractivity contribution is -0.0296. The van der Waals surface area contributed by atoms with Crippen LogP contribution in [0.2, 0.25) is 0 Å². The van der Waals surface area contributed by atoms with E-state index in [4.69, 9.17) is 16.2 Å². The van der Waals surface area contributed by atoms with Crippen LogP contribution in [0.25, 0.3) is 11.0 Å². The SMILES string of the molecule is CC1OC(n2cc(C(N)=O)c3c(N)ncnc32)C(O)C1O. The van der Waals surface area contributed by atoms with Crippen LogP contribution < -0.4 is 11.5 Å². The maximum absolute atomic E-state index is 11.6. The molecule has 0 bridgehead atoms. The Morgan fingerprint density at radius 3 is 2.67 bits per heavy atom. The van der Waals surface area contributed by atoms with E-state index in [9.17, 15) is 15.0 Å². The Bertz CT molecular complexity index is 715. The van der Waals surface area contributed by atoms with Crippen molar-refractivity contribution in [2.24, 2.45) is 5.73 Å². The minimum Gasteiger partial charge on any atom is -0.388 e. The molecular formula is C12H15N5O4. The second-order valence-corrected chi connectivity index (χ2v) is 4.98. The molecule has 3 heterocycles. The normalized spacial score (nSPS) is 29.1. The van der Waals surface area contributed by atoms with Crippen LogP contribution in [-0.2, 0) is 4.74 Å². The number of hydrogen-bond acceptors (Lipinski definition) is 7. The largest absolute Gasteiger partial charge is 0.388 e. The van der Waals surface area contributed by atoms with Crippen LogP contribution in [0.5, 0.6) is 0 Å². The number of hydrogen-bond donors (Lipinski definition) is 4. The third kappa shape index (κ3) is 1.94. The zero-order valence-electron chi connectivity index (χ0n) is 11.2. The number of rotatable bonds is 2. The van der Waals surface area contributed by atoms with E-state index in [0.717, 1.165) is 0 Å². The summed E-state index contributed by atoms with van der Waals surface area (Å²) in [5.74, 6) is -0.588. The van der Waals surface area contributed by atoms with Crippen molar-refractivity contribution in [2.45, 2.75) is 31.5 Å². The Morgan fingerprint density at radius 1 is 1.38 bits per heavy atom. The van der Waals surface area contributed by atoms with Gasteiger partial charge in [0.05, 0.1) is 17.1 Å². The molecule has 1 fully saturated rings. The zero-order valence-corrected chi connectivity index (χ0v) is 11.2. The van der Waals surface area contributed by atoms with E-state index < -0.39 is 30.4 Å². The van der Waals surface area contributed by atoms with Crippen molar-refractivity contribution in [1.82, 2.24) is 14.5 Å². The van der Waals surface area contributed by atoms with Gasteiger partial charge in [-0.3, -0.25) is 4.79 Å². The van der Waals surface area contributed by atoms with Gasteiger partial charge in [0.25, 0.3) is 5.91 Å². The number of anilines is 1. The average molecular weight is 293 g/mol. The number of aliphatic hydroxyl groups is 2. The van der Waals surface area contributed by atoms with Gasteiger partial charge in [-0.1, -0.05) is 0 Å². The molecule has 112 valence electrons. The zero-order chi connectivity index (χ0) is 15.3. The summed E-state index contributed by atoms with van der Waals surface area (Å²) in [6.07, 6.45) is -1.01. The number of carbonyl (C=O) groups is 1. The molecule has 0 saturated carbocycles. The number of nitrogens with zero attached hydrogens (tertiary/aromatic N) is 3. The number of amides is 1. The van der Waals surface area contributed by atoms with Gasteiger partial charge in [0, 0.05) is 6.20 Å². The standard InChI is InChI=1S/C12H15N5O4/c1-4-7(18)8(19)12(21-4)17-2-5(10(14)20)6-9(13)15-3-16-11(6)17/h2-4,7-8,12,18-19H,1H3,(H2,14,20)(H2,13,15,16). The highest BCUT2D eigenvalue weighted by molar-refractivity contribution is 6.08. The Hall–Kier alpha value is -2.23. The molecule has 2 aromatic heterocycles. The van der Waals surface area contributed by atoms with Crippen molar-refractivity contribution in [3.8, 4) is 0 Å². The van der Waals surface area contributed by atoms with Crippen molar-refractivity contribution in [3.05, 3.63) is 18.1 Å². The van der Waals surface area contributed by atoms with Crippen molar-refractivity contribution in [1.29, 1.82) is 0 Å². The number of fused-ring (bicyclic) bond motifs is 1. The van der Waals surface area contributed by atoms with Gasteiger partial charge in [-0.05, 0) is 6.92 Å². The van der Waals surface area contributed by atoms with Gasteiger partial charge in [0.15, 0.2) is 6.23 Å². The first-order valence-corrected chi connectivity index (χ1v) is 6.34. The maximum atomic E-state index is 11.6. The Balaban J connectivity index is 2.20. The number of ether oxygens (including phenoxy) is 1. The summed E-state index contributed by atoms with van der Waals surface area (Å²) in [6, 6.07) is 0. The van der Waals surface area contributed by atoms with E-state index in [1.165, 1.54) is 17.1 Å². The van der Waals surface area contributed by atoms with Crippen LogP contribution in [-0.4, -0.2) is 49.0 Å². The third-order valence-corrected chi connectivity index (χ3v) is 3.66. The maximum Gasteiger partial charge on any atom is 0.251 e. The monoisotopic (exact) mass is 293 g/mol. The highest BCUT2D eigenvalue weighted by atomic mass is 16.6. The molecule has 1 aliphatic heterocycles.